The topological polar surface area (TPSA) is 72.9 Å². The van der Waals surface area contributed by atoms with E-state index in [4.69, 9.17) is 5.73 Å². The standard InChI is InChI=1S/C16H22N4O/c1-12(2)20-11-15(10-18-20)19-16(21)14(9-17)8-13-6-4-3-5-7-13/h3-7,10-12,14H,8-9,17H2,1-2H3,(H,19,21). The van der Waals surface area contributed by atoms with E-state index in [0.717, 1.165) is 5.56 Å². The molecular weight excluding hydrogens is 264 g/mol. The molecule has 1 heterocycles. The van der Waals surface area contributed by atoms with E-state index in [0.29, 0.717) is 18.7 Å². The molecule has 0 spiro atoms. The van der Waals surface area contributed by atoms with E-state index in [1.165, 1.54) is 0 Å². The van der Waals surface area contributed by atoms with Gasteiger partial charge in [0.05, 0.1) is 17.8 Å². The Morgan fingerprint density at radius 1 is 1.33 bits per heavy atom. The van der Waals surface area contributed by atoms with Gasteiger partial charge in [0.25, 0.3) is 0 Å². The second kappa shape index (κ2) is 7.04. The van der Waals surface area contributed by atoms with Crippen LogP contribution < -0.4 is 11.1 Å². The lowest BCUT2D eigenvalue weighted by Gasteiger charge is -2.14. The van der Waals surface area contributed by atoms with E-state index in [-0.39, 0.29) is 17.9 Å². The summed E-state index contributed by atoms with van der Waals surface area (Å²) in [5.41, 5.74) is 7.57. The summed E-state index contributed by atoms with van der Waals surface area (Å²) in [4.78, 5) is 12.3. The maximum absolute atomic E-state index is 12.3. The van der Waals surface area contributed by atoms with Gasteiger partial charge in [0.2, 0.25) is 5.91 Å². The molecule has 2 rings (SSSR count). The van der Waals surface area contributed by atoms with Crippen LogP contribution in [0.15, 0.2) is 42.7 Å². The first-order chi connectivity index (χ1) is 10.1. The van der Waals surface area contributed by atoms with Crippen molar-refractivity contribution >= 4 is 11.6 Å². The van der Waals surface area contributed by atoms with Crippen LogP contribution in [0, 0.1) is 5.92 Å². The average molecular weight is 286 g/mol. The van der Waals surface area contributed by atoms with E-state index in [1.54, 1.807) is 6.20 Å². The van der Waals surface area contributed by atoms with Crippen molar-refractivity contribution in [2.75, 3.05) is 11.9 Å². The van der Waals surface area contributed by atoms with Crippen LogP contribution in [0.2, 0.25) is 0 Å². The molecular formula is C16H22N4O. The van der Waals surface area contributed by atoms with Crippen LogP contribution in [0.5, 0.6) is 0 Å². The lowest BCUT2D eigenvalue weighted by Crippen LogP contribution is -2.30. The molecule has 1 aromatic carbocycles. The van der Waals surface area contributed by atoms with Gasteiger partial charge in [-0.25, -0.2) is 0 Å². The van der Waals surface area contributed by atoms with Crippen LogP contribution in [-0.4, -0.2) is 22.2 Å². The van der Waals surface area contributed by atoms with Crippen molar-refractivity contribution in [2.24, 2.45) is 11.7 Å². The highest BCUT2D eigenvalue weighted by Crippen LogP contribution is 2.13. The summed E-state index contributed by atoms with van der Waals surface area (Å²) in [7, 11) is 0. The SMILES string of the molecule is CC(C)n1cc(NC(=O)C(CN)Cc2ccccc2)cn1. The number of carbonyl (C=O) groups excluding carboxylic acids is 1. The van der Waals surface area contributed by atoms with Crippen molar-refractivity contribution in [3.8, 4) is 0 Å². The van der Waals surface area contributed by atoms with Crippen LogP contribution in [0.4, 0.5) is 5.69 Å². The van der Waals surface area contributed by atoms with Crippen molar-refractivity contribution in [2.45, 2.75) is 26.3 Å². The number of rotatable bonds is 6. The molecule has 0 aliphatic heterocycles. The summed E-state index contributed by atoms with van der Waals surface area (Å²) in [5.74, 6) is -0.306. The van der Waals surface area contributed by atoms with Crippen LogP contribution in [0.1, 0.15) is 25.5 Å². The molecule has 0 bridgehead atoms. The number of aromatic nitrogens is 2. The molecule has 0 aliphatic carbocycles. The number of hydrogen-bond acceptors (Lipinski definition) is 3. The van der Waals surface area contributed by atoms with E-state index in [2.05, 4.69) is 10.4 Å². The molecule has 21 heavy (non-hydrogen) atoms. The first-order valence-corrected chi connectivity index (χ1v) is 7.19. The van der Waals surface area contributed by atoms with Crippen molar-refractivity contribution in [3.63, 3.8) is 0 Å². The van der Waals surface area contributed by atoms with Crippen molar-refractivity contribution in [1.82, 2.24) is 9.78 Å². The summed E-state index contributed by atoms with van der Waals surface area (Å²) in [6.45, 7) is 4.40. The van der Waals surface area contributed by atoms with Crippen molar-refractivity contribution in [1.29, 1.82) is 0 Å². The fourth-order valence-electron chi connectivity index (χ4n) is 2.11. The quantitative estimate of drug-likeness (QED) is 0.855. The van der Waals surface area contributed by atoms with Gasteiger partial charge in [0.15, 0.2) is 0 Å². The number of amides is 1. The molecule has 1 aromatic heterocycles. The van der Waals surface area contributed by atoms with Gasteiger partial charge in [-0.15, -0.1) is 0 Å². The molecule has 0 saturated carbocycles. The van der Waals surface area contributed by atoms with Gasteiger partial charge in [-0.3, -0.25) is 9.48 Å². The normalized spacial score (nSPS) is 12.4. The number of benzene rings is 1. The largest absolute Gasteiger partial charge is 0.330 e. The summed E-state index contributed by atoms with van der Waals surface area (Å²) in [6, 6.07) is 10.2. The Balaban J connectivity index is 1.99. The van der Waals surface area contributed by atoms with Gasteiger partial charge in [0, 0.05) is 18.8 Å². The number of nitrogens with two attached hydrogens (primary N) is 1. The predicted molar refractivity (Wildman–Crippen MR) is 83.9 cm³/mol. The third-order valence-corrected chi connectivity index (χ3v) is 3.38. The third kappa shape index (κ3) is 4.16. The minimum atomic E-state index is -0.241. The van der Waals surface area contributed by atoms with Crippen LogP contribution >= 0.6 is 0 Å². The summed E-state index contributed by atoms with van der Waals surface area (Å²) in [5, 5.41) is 7.09. The van der Waals surface area contributed by atoms with Crippen LogP contribution in [-0.2, 0) is 11.2 Å². The molecule has 1 unspecified atom stereocenters. The first-order valence-electron chi connectivity index (χ1n) is 7.19. The number of anilines is 1. The second-order valence-electron chi connectivity index (χ2n) is 5.41. The minimum Gasteiger partial charge on any atom is -0.330 e. The summed E-state index contributed by atoms with van der Waals surface area (Å²) >= 11 is 0. The number of hydrogen-bond donors (Lipinski definition) is 2. The van der Waals surface area contributed by atoms with Crippen molar-refractivity contribution < 1.29 is 4.79 Å². The molecule has 1 amide bonds. The molecule has 0 aliphatic rings. The third-order valence-electron chi connectivity index (χ3n) is 3.38. The maximum Gasteiger partial charge on any atom is 0.229 e. The fraction of sp³-hybridized carbons (Fsp3) is 0.375. The highest BCUT2D eigenvalue weighted by molar-refractivity contribution is 5.92. The highest BCUT2D eigenvalue weighted by atomic mass is 16.1. The van der Waals surface area contributed by atoms with Crippen LogP contribution in [0.25, 0.3) is 0 Å². The Kier molecular flexibility index (Phi) is 5.11. The Morgan fingerprint density at radius 2 is 2.05 bits per heavy atom. The Morgan fingerprint density at radius 3 is 2.62 bits per heavy atom. The van der Waals surface area contributed by atoms with E-state index in [9.17, 15) is 4.79 Å². The number of carbonyl (C=O) groups is 1. The monoisotopic (exact) mass is 286 g/mol. The number of nitrogens with zero attached hydrogens (tertiary/aromatic N) is 2. The molecule has 0 fully saturated rings. The van der Waals surface area contributed by atoms with Gasteiger partial charge in [-0.1, -0.05) is 30.3 Å². The Hall–Kier alpha value is -2.14. The lowest BCUT2D eigenvalue weighted by molar-refractivity contribution is -0.119. The zero-order valence-corrected chi connectivity index (χ0v) is 12.5. The molecule has 3 N–H and O–H groups in total. The van der Waals surface area contributed by atoms with E-state index < -0.39 is 0 Å². The smallest absolute Gasteiger partial charge is 0.229 e. The first kappa shape index (κ1) is 15.3. The zero-order chi connectivity index (χ0) is 15.2. The maximum atomic E-state index is 12.3. The molecule has 5 heteroatoms. The van der Waals surface area contributed by atoms with Gasteiger partial charge < -0.3 is 11.1 Å². The predicted octanol–water partition coefficient (Wildman–Crippen LogP) is 2.22. The van der Waals surface area contributed by atoms with Gasteiger partial charge in [-0.2, -0.15) is 5.10 Å². The van der Waals surface area contributed by atoms with E-state index in [1.807, 2.05) is 55.1 Å². The molecule has 0 saturated heterocycles. The average Bonchev–Trinajstić information content (AvgIpc) is 2.94. The van der Waals surface area contributed by atoms with E-state index >= 15 is 0 Å². The second-order valence-corrected chi connectivity index (χ2v) is 5.41. The van der Waals surface area contributed by atoms with Crippen molar-refractivity contribution in [3.05, 3.63) is 48.3 Å². The van der Waals surface area contributed by atoms with Gasteiger partial charge >= 0.3 is 0 Å². The molecule has 112 valence electrons. The summed E-state index contributed by atoms with van der Waals surface area (Å²) < 4.78 is 1.81. The highest BCUT2D eigenvalue weighted by Gasteiger charge is 2.18. The zero-order valence-electron chi connectivity index (χ0n) is 12.5. The minimum absolute atomic E-state index is 0.0651. The molecule has 5 nitrogen and oxygen atoms in total. The Bertz CT molecular complexity index is 577. The van der Waals surface area contributed by atoms with Gasteiger partial charge in [-0.05, 0) is 25.8 Å². The molecule has 2 aromatic rings. The summed E-state index contributed by atoms with van der Waals surface area (Å²) in [6.07, 6.45) is 4.13. The number of nitrogens with one attached hydrogen (secondary N) is 1. The molecule has 0 radical (unpaired) electrons. The molecule has 1 atom stereocenters. The Labute approximate surface area is 125 Å². The lowest BCUT2D eigenvalue weighted by atomic mass is 9.98. The van der Waals surface area contributed by atoms with Gasteiger partial charge in [0.1, 0.15) is 0 Å². The fourth-order valence-corrected chi connectivity index (χ4v) is 2.11. The van der Waals surface area contributed by atoms with Crippen LogP contribution in [0.3, 0.4) is 0 Å².